The van der Waals surface area contributed by atoms with Crippen LogP contribution >= 0.6 is 0 Å². The van der Waals surface area contributed by atoms with Crippen LogP contribution in [0.3, 0.4) is 0 Å². The number of pyridine rings is 1. The molecule has 0 saturated carbocycles. The number of carbonyl (C=O) groups is 3. The number of fused-ring (bicyclic) bond motifs is 2. The second-order valence-electron chi connectivity index (χ2n) is 10.4. The number of nitrogens with zero attached hydrogens (tertiary/aromatic N) is 3. The van der Waals surface area contributed by atoms with Crippen LogP contribution < -0.4 is 24.8 Å². The predicted octanol–water partition coefficient (Wildman–Crippen LogP) is 3.45. The number of aromatic nitrogens is 1. The van der Waals surface area contributed by atoms with E-state index in [0.717, 1.165) is 0 Å². The van der Waals surface area contributed by atoms with Crippen LogP contribution in [0.15, 0.2) is 60.9 Å². The number of likely N-dealkylation sites (N-methyl/N-ethyl adjacent to an activating group) is 1. The van der Waals surface area contributed by atoms with E-state index < -0.39 is 18.1 Å². The number of benzene rings is 2. The molecule has 0 bridgehead atoms. The van der Waals surface area contributed by atoms with Gasteiger partial charge >= 0.3 is 6.03 Å². The van der Waals surface area contributed by atoms with Crippen molar-refractivity contribution in [3.8, 4) is 17.2 Å². The molecule has 0 unspecified atom stereocenters. The van der Waals surface area contributed by atoms with Gasteiger partial charge in [-0.3, -0.25) is 14.6 Å². The summed E-state index contributed by atoms with van der Waals surface area (Å²) in [6, 6.07) is 12.4. The van der Waals surface area contributed by atoms with Crippen LogP contribution in [-0.4, -0.2) is 83.4 Å². The van der Waals surface area contributed by atoms with Crippen molar-refractivity contribution in [1.29, 1.82) is 0 Å². The molecule has 12 heteroatoms. The highest BCUT2D eigenvalue weighted by Gasteiger charge is 2.35. The van der Waals surface area contributed by atoms with Gasteiger partial charge in [0.1, 0.15) is 6.10 Å². The molecule has 5 rings (SSSR count). The standard InChI is InChI=1S/C30H33N5O7/c1-18-14-35(19(2)16-36)29(38)22-5-4-6-23(33-28(37)20-9-11-31-12-10-20)27(22)42-26(18)15-34(3)30(39)32-21-7-8-24-25(13-21)41-17-40-24/h4-13,18-19,26,36H,14-17H2,1-3H3,(H,32,39)(H,33,37)/t18-,19-,26+/m0/s1. The smallest absolute Gasteiger partial charge is 0.321 e. The lowest BCUT2D eigenvalue weighted by molar-refractivity contribution is 0.0372. The quantitative estimate of drug-likeness (QED) is 0.389. The van der Waals surface area contributed by atoms with Crippen molar-refractivity contribution in [1.82, 2.24) is 14.8 Å². The number of para-hydroxylation sites is 1. The molecule has 3 aromatic rings. The second-order valence-corrected chi connectivity index (χ2v) is 10.4. The van der Waals surface area contributed by atoms with E-state index in [4.69, 9.17) is 14.2 Å². The van der Waals surface area contributed by atoms with Crippen LogP contribution in [0, 0.1) is 5.92 Å². The molecule has 2 aliphatic heterocycles. The fraction of sp³-hybridized carbons (Fsp3) is 0.333. The minimum atomic E-state index is -0.572. The van der Waals surface area contributed by atoms with Crippen molar-refractivity contribution in [3.05, 3.63) is 72.1 Å². The first-order valence-electron chi connectivity index (χ1n) is 13.6. The molecule has 220 valence electrons. The first kappa shape index (κ1) is 28.7. The Morgan fingerprint density at radius 2 is 1.88 bits per heavy atom. The Hall–Kier alpha value is -4.84. The number of nitrogens with one attached hydrogen (secondary N) is 2. The van der Waals surface area contributed by atoms with E-state index in [9.17, 15) is 19.5 Å². The van der Waals surface area contributed by atoms with E-state index in [1.54, 1.807) is 67.4 Å². The molecule has 4 amide bonds. The number of ether oxygens (including phenoxy) is 3. The molecule has 0 aliphatic carbocycles. The lowest BCUT2D eigenvalue weighted by atomic mass is 9.99. The number of carbonyl (C=O) groups excluding carboxylic acids is 3. The van der Waals surface area contributed by atoms with Gasteiger partial charge < -0.3 is 39.8 Å². The average molecular weight is 576 g/mol. The van der Waals surface area contributed by atoms with E-state index in [2.05, 4.69) is 15.6 Å². The molecule has 12 nitrogen and oxygen atoms in total. The van der Waals surface area contributed by atoms with Gasteiger partial charge in [-0.05, 0) is 43.3 Å². The van der Waals surface area contributed by atoms with Gasteiger partial charge in [-0.1, -0.05) is 13.0 Å². The Labute approximate surface area is 243 Å². The van der Waals surface area contributed by atoms with Gasteiger partial charge in [0, 0.05) is 49.2 Å². The number of aliphatic hydroxyl groups is 1. The van der Waals surface area contributed by atoms with Crippen LogP contribution in [-0.2, 0) is 0 Å². The summed E-state index contributed by atoms with van der Waals surface area (Å²) in [4.78, 5) is 46.9. The molecule has 3 heterocycles. The molecule has 2 aromatic carbocycles. The summed E-state index contributed by atoms with van der Waals surface area (Å²) in [6.07, 6.45) is 2.46. The number of urea groups is 1. The van der Waals surface area contributed by atoms with Gasteiger partial charge in [0.25, 0.3) is 11.8 Å². The molecule has 0 radical (unpaired) electrons. The minimum Gasteiger partial charge on any atom is -0.485 e. The third-order valence-corrected chi connectivity index (χ3v) is 7.31. The lowest BCUT2D eigenvalue weighted by Gasteiger charge is -2.38. The molecule has 0 spiro atoms. The monoisotopic (exact) mass is 575 g/mol. The van der Waals surface area contributed by atoms with Crippen molar-refractivity contribution < 1.29 is 33.7 Å². The maximum absolute atomic E-state index is 13.7. The highest BCUT2D eigenvalue weighted by atomic mass is 16.7. The number of aliphatic hydroxyl groups excluding tert-OH is 1. The molecular weight excluding hydrogens is 542 g/mol. The van der Waals surface area contributed by atoms with E-state index in [1.165, 1.54) is 17.3 Å². The fourth-order valence-corrected chi connectivity index (χ4v) is 4.80. The first-order valence-corrected chi connectivity index (χ1v) is 13.6. The van der Waals surface area contributed by atoms with Crippen LogP contribution in [0.5, 0.6) is 17.2 Å². The first-order chi connectivity index (χ1) is 20.2. The SMILES string of the molecule is C[C@H]1CN([C@@H](C)CO)C(=O)c2cccc(NC(=O)c3ccncc3)c2O[C@@H]1CN(C)C(=O)Nc1ccc2c(c1)OCO2. The van der Waals surface area contributed by atoms with Gasteiger partial charge in [0.15, 0.2) is 17.2 Å². The Balaban J connectivity index is 1.41. The molecule has 0 saturated heterocycles. The number of amides is 4. The molecule has 2 aliphatic rings. The molecule has 0 fully saturated rings. The predicted molar refractivity (Wildman–Crippen MR) is 154 cm³/mol. The largest absolute Gasteiger partial charge is 0.485 e. The van der Waals surface area contributed by atoms with E-state index >= 15 is 0 Å². The van der Waals surface area contributed by atoms with Gasteiger partial charge in [-0.15, -0.1) is 0 Å². The summed E-state index contributed by atoms with van der Waals surface area (Å²) in [7, 11) is 1.65. The van der Waals surface area contributed by atoms with Crippen molar-refractivity contribution >= 4 is 29.2 Å². The Kier molecular flexibility index (Phi) is 8.43. The molecular formula is C30H33N5O7. The van der Waals surface area contributed by atoms with Crippen LogP contribution in [0.25, 0.3) is 0 Å². The zero-order valence-corrected chi connectivity index (χ0v) is 23.6. The summed E-state index contributed by atoms with van der Waals surface area (Å²) >= 11 is 0. The highest BCUT2D eigenvalue weighted by Crippen LogP contribution is 2.36. The summed E-state index contributed by atoms with van der Waals surface area (Å²) in [6.45, 7) is 4.04. The van der Waals surface area contributed by atoms with E-state index in [0.29, 0.717) is 28.4 Å². The summed E-state index contributed by atoms with van der Waals surface area (Å²) in [5.41, 5.74) is 1.49. The van der Waals surface area contributed by atoms with E-state index in [1.807, 2.05) is 6.92 Å². The number of hydrogen-bond donors (Lipinski definition) is 3. The van der Waals surface area contributed by atoms with Crippen molar-refractivity contribution in [2.24, 2.45) is 5.92 Å². The van der Waals surface area contributed by atoms with Crippen molar-refractivity contribution in [2.75, 3.05) is 44.2 Å². The topological polar surface area (TPSA) is 143 Å². The van der Waals surface area contributed by atoms with Gasteiger partial charge in [0.2, 0.25) is 6.79 Å². The fourth-order valence-electron chi connectivity index (χ4n) is 4.80. The van der Waals surface area contributed by atoms with Gasteiger partial charge in [-0.25, -0.2) is 4.79 Å². The van der Waals surface area contributed by atoms with Crippen molar-refractivity contribution in [3.63, 3.8) is 0 Å². The number of rotatable bonds is 7. The number of anilines is 2. The molecule has 42 heavy (non-hydrogen) atoms. The summed E-state index contributed by atoms with van der Waals surface area (Å²) in [5, 5.41) is 15.6. The molecule has 3 N–H and O–H groups in total. The molecule has 1 aromatic heterocycles. The Bertz CT molecular complexity index is 1470. The Morgan fingerprint density at radius 3 is 2.64 bits per heavy atom. The second kappa shape index (κ2) is 12.4. The lowest BCUT2D eigenvalue weighted by Crippen LogP contribution is -2.50. The van der Waals surface area contributed by atoms with E-state index in [-0.39, 0.29) is 55.7 Å². The normalized spacial score (nSPS) is 18.2. The number of hydrogen-bond acceptors (Lipinski definition) is 8. The maximum Gasteiger partial charge on any atom is 0.321 e. The summed E-state index contributed by atoms with van der Waals surface area (Å²) < 4.78 is 17.2. The van der Waals surface area contributed by atoms with Crippen LogP contribution in [0.1, 0.15) is 34.6 Å². The third kappa shape index (κ3) is 6.08. The zero-order chi connectivity index (χ0) is 29.8. The minimum absolute atomic E-state index is 0.129. The zero-order valence-electron chi connectivity index (χ0n) is 23.6. The van der Waals surface area contributed by atoms with Crippen molar-refractivity contribution in [2.45, 2.75) is 26.0 Å². The third-order valence-electron chi connectivity index (χ3n) is 7.31. The van der Waals surface area contributed by atoms with Crippen LogP contribution in [0.2, 0.25) is 0 Å². The maximum atomic E-state index is 13.7. The Morgan fingerprint density at radius 1 is 1.12 bits per heavy atom. The van der Waals surface area contributed by atoms with Gasteiger partial charge in [0.05, 0.1) is 30.4 Å². The van der Waals surface area contributed by atoms with Gasteiger partial charge in [-0.2, -0.15) is 0 Å². The van der Waals surface area contributed by atoms with Crippen LogP contribution in [0.4, 0.5) is 16.2 Å². The molecule has 3 atom stereocenters. The summed E-state index contributed by atoms with van der Waals surface area (Å²) in [5.74, 6) is 0.384. The average Bonchev–Trinajstić information content (AvgIpc) is 3.47. The highest BCUT2D eigenvalue weighted by molar-refractivity contribution is 6.07.